The van der Waals surface area contributed by atoms with E-state index in [4.69, 9.17) is 5.73 Å². The highest BCUT2D eigenvalue weighted by atomic mass is 32.2. The molecule has 0 aliphatic heterocycles. The van der Waals surface area contributed by atoms with Crippen molar-refractivity contribution in [2.24, 2.45) is 5.73 Å². The minimum atomic E-state index is -4.32. The van der Waals surface area contributed by atoms with E-state index in [0.29, 0.717) is 5.56 Å². The third kappa shape index (κ3) is 4.44. The van der Waals surface area contributed by atoms with Gasteiger partial charge in [0.1, 0.15) is 11.6 Å². The number of aromatic nitrogens is 4. The number of aromatic amines is 1. The lowest BCUT2D eigenvalue weighted by Crippen LogP contribution is -2.33. The quantitative estimate of drug-likeness (QED) is 0.502. The molecule has 2 unspecified atom stereocenters. The van der Waals surface area contributed by atoms with E-state index in [1.165, 1.54) is 6.07 Å². The molecule has 164 valence electrons. The zero-order valence-corrected chi connectivity index (χ0v) is 17.7. The van der Waals surface area contributed by atoms with Crippen molar-refractivity contribution in [1.82, 2.24) is 25.3 Å². The average Bonchev–Trinajstić information content (AvgIpc) is 3.23. The maximum atomic E-state index is 14.7. The number of hydrogen-bond acceptors (Lipinski definition) is 6. The zero-order valence-electron chi connectivity index (χ0n) is 16.8. The SMILES string of the molecule is Cc1ccc(F)c(C(C)C(NS(=O)(=O)c2ccc(F)c(C(N)=O)c2)c2nn[nH]n2)c1C. The Kier molecular flexibility index (Phi) is 6.13. The summed E-state index contributed by atoms with van der Waals surface area (Å²) in [5.41, 5.74) is 6.29. The van der Waals surface area contributed by atoms with Gasteiger partial charge in [-0.25, -0.2) is 17.2 Å². The number of sulfonamides is 1. The summed E-state index contributed by atoms with van der Waals surface area (Å²) < 4.78 is 56.9. The third-order valence-corrected chi connectivity index (χ3v) is 6.56. The molecular weight excluding hydrogens is 430 g/mol. The lowest BCUT2D eigenvalue weighted by molar-refractivity contribution is 0.0996. The van der Waals surface area contributed by atoms with Gasteiger partial charge in [0.15, 0.2) is 5.82 Å². The molecule has 0 saturated carbocycles. The van der Waals surface area contributed by atoms with Gasteiger partial charge in [-0.15, -0.1) is 10.2 Å². The number of nitrogens with two attached hydrogens (primary N) is 1. The van der Waals surface area contributed by atoms with Crippen LogP contribution in [0.1, 0.15) is 51.8 Å². The summed E-state index contributed by atoms with van der Waals surface area (Å²) in [6.45, 7) is 5.15. The summed E-state index contributed by atoms with van der Waals surface area (Å²) in [7, 11) is -4.32. The van der Waals surface area contributed by atoms with Gasteiger partial charge in [0.25, 0.3) is 5.91 Å². The molecule has 31 heavy (non-hydrogen) atoms. The average molecular weight is 450 g/mol. The Labute approximate surface area is 177 Å². The number of carbonyl (C=O) groups is 1. The minimum Gasteiger partial charge on any atom is -0.366 e. The van der Waals surface area contributed by atoms with Crippen molar-refractivity contribution in [2.75, 3.05) is 0 Å². The molecule has 3 aromatic rings. The van der Waals surface area contributed by atoms with Gasteiger partial charge in [-0.1, -0.05) is 18.2 Å². The van der Waals surface area contributed by atoms with E-state index in [-0.39, 0.29) is 11.4 Å². The van der Waals surface area contributed by atoms with Crippen LogP contribution in [0.3, 0.4) is 0 Å². The number of primary amides is 1. The zero-order chi connectivity index (χ0) is 22.9. The molecule has 1 amide bonds. The molecule has 2 atom stereocenters. The monoisotopic (exact) mass is 450 g/mol. The summed E-state index contributed by atoms with van der Waals surface area (Å²) in [6, 6.07) is 4.44. The van der Waals surface area contributed by atoms with Crippen LogP contribution in [-0.4, -0.2) is 34.9 Å². The maximum Gasteiger partial charge on any atom is 0.251 e. The summed E-state index contributed by atoms with van der Waals surface area (Å²) in [5, 5.41) is 13.4. The van der Waals surface area contributed by atoms with Crippen molar-refractivity contribution in [3.05, 3.63) is 70.0 Å². The highest BCUT2D eigenvalue weighted by Crippen LogP contribution is 2.34. The molecule has 0 spiro atoms. The molecule has 2 aromatic carbocycles. The second-order valence-electron chi connectivity index (χ2n) is 7.07. The van der Waals surface area contributed by atoms with Gasteiger partial charge in [-0.05, 0) is 54.8 Å². The molecule has 3 rings (SSSR count). The molecule has 0 bridgehead atoms. The Morgan fingerprint density at radius 1 is 1.16 bits per heavy atom. The summed E-state index contributed by atoms with van der Waals surface area (Å²) in [4.78, 5) is 11.0. The number of benzene rings is 2. The first-order chi connectivity index (χ1) is 14.5. The Morgan fingerprint density at radius 3 is 2.45 bits per heavy atom. The number of hydrogen-bond donors (Lipinski definition) is 3. The van der Waals surface area contributed by atoms with Gasteiger partial charge >= 0.3 is 0 Å². The number of rotatable bonds is 7. The van der Waals surface area contributed by atoms with Crippen molar-refractivity contribution in [3.63, 3.8) is 0 Å². The number of aryl methyl sites for hydroxylation is 1. The molecule has 1 heterocycles. The number of carbonyl (C=O) groups excluding carboxylic acids is 1. The van der Waals surface area contributed by atoms with E-state index in [0.717, 1.165) is 23.8 Å². The molecule has 4 N–H and O–H groups in total. The van der Waals surface area contributed by atoms with E-state index in [9.17, 15) is 22.0 Å². The van der Waals surface area contributed by atoms with Gasteiger partial charge < -0.3 is 5.73 Å². The standard InChI is InChI=1S/C19H20F2N6O3S/c1-9-4-6-15(21)16(10(9)2)11(3)17(19-23-26-27-24-19)25-31(29,30)12-5-7-14(20)13(8-12)18(22)28/h4-8,11,17,25H,1-3H3,(H2,22,28)(H,23,24,26,27). The number of nitrogens with zero attached hydrogens (tertiary/aromatic N) is 3. The lowest BCUT2D eigenvalue weighted by atomic mass is 9.88. The van der Waals surface area contributed by atoms with Crippen LogP contribution >= 0.6 is 0 Å². The highest BCUT2D eigenvalue weighted by molar-refractivity contribution is 7.89. The molecule has 0 radical (unpaired) electrons. The Bertz CT molecular complexity index is 1230. The first kappa shape index (κ1) is 22.4. The molecule has 0 fully saturated rings. The van der Waals surface area contributed by atoms with Crippen LogP contribution in [0.4, 0.5) is 8.78 Å². The predicted octanol–water partition coefficient (Wildman–Crippen LogP) is 2.02. The summed E-state index contributed by atoms with van der Waals surface area (Å²) >= 11 is 0. The van der Waals surface area contributed by atoms with Gasteiger partial charge in [0.2, 0.25) is 10.0 Å². The lowest BCUT2D eigenvalue weighted by Gasteiger charge is -2.25. The van der Waals surface area contributed by atoms with Gasteiger partial charge in [0.05, 0.1) is 16.5 Å². The van der Waals surface area contributed by atoms with E-state index in [2.05, 4.69) is 25.3 Å². The number of H-pyrrole nitrogens is 1. The smallest absolute Gasteiger partial charge is 0.251 e. The highest BCUT2D eigenvalue weighted by Gasteiger charge is 2.33. The molecule has 9 nitrogen and oxygen atoms in total. The minimum absolute atomic E-state index is 0.0198. The van der Waals surface area contributed by atoms with Crippen LogP contribution in [-0.2, 0) is 10.0 Å². The Hall–Kier alpha value is -3.25. The topological polar surface area (TPSA) is 144 Å². The predicted molar refractivity (Wildman–Crippen MR) is 106 cm³/mol. The second-order valence-corrected chi connectivity index (χ2v) is 8.78. The molecule has 0 aliphatic rings. The van der Waals surface area contributed by atoms with Gasteiger partial charge in [0, 0.05) is 5.92 Å². The fraction of sp³-hybridized carbons (Fsp3) is 0.263. The summed E-state index contributed by atoms with van der Waals surface area (Å²) in [6.07, 6.45) is 0. The van der Waals surface area contributed by atoms with Crippen LogP contribution in [0.5, 0.6) is 0 Å². The van der Waals surface area contributed by atoms with Crippen molar-refractivity contribution < 1.29 is 22.0 Å². The largest absolute Gasteiger partial charge is 0.366 e. The Morgan fingerprint density at radius 2 is 1.84 bits per heavy atom. The first-order valence-electron chi connectivity index (χ1n) is 9.13. The van der Waals surface area contributed by atoms with Crippen molar-refractivity contribution in [2.45, 2.75) is 37.6 Å². The normalized spacial score (nSPS) is 13.7. The molecular formula is C19H20F2N6O3S. The van der Waals surface area contributed by atoms with Crippen molar-refractivity contribution >= 4 is 15.9 Å². The van der Waals surface area contributed by atoms with Gasteiger partial charge in [-0.2, -0.15) is 9.94 Å². The number of tetrazole rings is 1. The van der Waals surface area contributed by atoms with Crippen LogP contribution in [0.25, 0.3) is 0 Å². The van der Waals surface area contributed by atoms with Crippen LogP contribution in [0.15, 0.2) is 35.2 Å². The summed E-state index contributed by atoms with van der Waals surface area (Å²) in [5.74, 6) is -3.35. The molecule has 1 aromatic heterocycles. The van der Waals surface area contributed by atoms with Crippen LogP contribution < -0.4 is 10.5 Å². The molecule has 0 saturated heterocycles. The van der Waals surface area contributed by atoms with E-state index in [1.807, 2.05) is 6.92 Å². The fourth-order valence-corrected chi connectivity index (χ4v) is 4.61. The first-order valence-corrected chi connectivity index (χ1v) is 10.6. The third-order valence-electron chi connectivity index (χ3n) is 5.12. The van der Waals surface area contributed by atoms with Crippen LogP contribution in [0.2, 0.25) is 0 Å². The van der Waals surface area contributed by atoms with Crippen molar-refractivity contribution in [3.8, 4) is 0 Å². The van der Waals surface area contributed by atoms with E-state index < -0.39 is 50.0 Å². The van der Waals surface area contributed by atoms with Gasteiger partial charge in [-0.3, -0.25) is 4.79 Å². The molecule has 0 aliphatic carbocycles. The van der Waals surface area contributed by atoms with Crippen LogP contribution in [0, 0.1) is 25.5 Å². The maximum absolute atomic E-state index is 14.7. The van der Waals surface area contributed by atoms with Crippen molar-refractivity contribution in [1.29, 1.82) is 0 Å². The number of amides is 1. The Balaban J connectivity index is 2.07. The fourth-order valence-electron chi connectivity index (χ4n) is 3.31. The molecule has 12 heteroatoms. The number of halogens is 2. The second kappa shape index (κ2) is 8.47. The van der Waals surface area contributed by atoms with E-state index in [1.54, 1.807) is 19.9 Å². The number of nitrogens with one attached hydrogen (secondary N) is 2. The van der Waals surface area contributed by atoms with E-state index >= 15 is 0 Å².